The smallest absolute Gasteiger partial charge is 0.294 e. The summed E-state index contributed by atoms with van der Waals surface area (Å²) in [5.41, 5.74) is 10.7. The number of hydrogen-bond acceptors (Lipinski definition) is 9. The fourth-order valence-corrected chi connectivity index (χ4v) is 3.12. The number of aromatic nitrogens is 5. The Hall–Kier alpha value is -4.58. The molecule has 0 spiro atoms. The number of hydrogen-bond donors (Lipinski definition) is 3. The standard InChI is InChI=1S/C22H23N9O3/c1-30(2)13-18-19(25-29-31(18)21-20(23)27-34-28-21)22(32)26-24-12-16-9-6-10-17(11-16)33-14-15-7-4-3-5-8-15/h3-12H,13-14H2,1-2H3,(H2,23,27)(H,26,32)/p+1/b24-12-. The highest BCUT2D eigenvalue weighted by Gasteiger charge is 2.25. The molecule has 12 nitrogen and oxygen atoms in total. The van der Waals surface area contributed by atoms with Crippen LogP contribution in [0, 0.1) is 0 Å². The number of nitrogens with one attached hydrogen (secondary N) is 2. The van der Waals surface area contributed by atoms with E-state index in [1.54, 1.807) is 0 Å². The summed E-state index contributed by atoms with van der Waals surface area (Å²) >= 11 is 0. The Morgan fingerprint density at radius 1 is 1.21 bits per heavy atom. The lowest BCUT2D eigenvalue weighted by molar-refractivity contribution is -0.873. The third-order valence-corrected chi connectivity index (χ3v) is 4.68. The topological polar surface area (TPSA) is 151 Å². The first-order valence-corrected chi connectivity index (χ1v) is 10.4. The number of amides is 1. The molecule has 0 bridgehead atoms. The van der Waals surface area contributed by atoms with Crippen molar-refractivity contribution in [3.8, 4) is 11.6 Å². The minimum absolute atomic E-state index is 0.0410. The van der Waals surface area contributed by atoms with Crippen LogP contribution < -0.4 is 20.8 Å². The Balaban J connectivity index is 1.44. The van der Waals surface area contributed by atoms with Crippen molar-refractivity contribution in [2.24, 2.45) is 5.10 Å². The summed E-state index contributed by atoms with van der Waals surface area (Å²) < 4.78 is 11.8. The molecular weight excluding hydrogens is 438 g/mol. The molecule has 0 radical (unpaired) electrons. The number of carbonyl (C=O) groups excluding carboxylic acids is 1. The van der Waals surface area contributed by atoms with Gasteiger partial charge in [-0.05, 0) is 33.6 Å². The van der Waals surface area contributed by atoms with Crippen molar-refractivity contribution in [3.05, 3.63) is 77.1 Å². The highest BCUT2D eigenvalue weighted by Crippen LogP contribution is 2.16. The van der Waals surface area contributed by atoms with E-state index in [9.17, 15) is 4.79 Å². The van der Waals surface area contributed by atoms with Crippen LogP contribution in [0.1, 0.15) is 27.3 Å². The predicted molar refractivity (Wildman–Crippen MR) is 122 cm³/mol. The van der Waals surface area contributed by atoms with Gasteiger partial charge in [0, 0.05) is 0 Å². The molecule has 0 saturated heterocycles. The van der Waals surface area contributed by atoms with E-state index in [1.165, 1.54) is 10.9 Å². The molecule has 0 aliphatic heterocycles. The van der Waals surface area contributed by atoms with Crippen molar-refractivity contribution in [1.82, 2.24) is 30.7 Å². The lowest BCUT2D eigenvalue weighted by Gasteiger charge is -2.09. The van der Waals surface area contributed by atoms with Gasteiger partial charge in [-0.3, -0.25) is 4.79 Å². The van der Waals surface area contributed by atoms with Gasteiger partial charge in [0.2, 0.25) is 11.6 Å². The Morgan fingerprint density at radius 2 is 2.03 bits per heavy atom. The van der Waals surface area contributed by atoms with Gasteiger partial charge >= 0.3 is 0 Å². The molecule has 0 unspecified atom stereocenters. The quantitative estimate of drug-likeness (QED) is 0.236. The molecule has 4 aromatic rings. The minimum Gasteiger partial charge on any atom is -0.489 e. The van der Waals surface area contributed by atoms with Crippen molar-refractivity contribution >= 4 is 17.9 Å². The average molecular weight is 462 g/mol. The molecule has 0 fully saturated rings. The lowest BCUT2D eigenvalue weighted by Crippen LogP contribution is -3.04. The fourth-order valence-electron chi connectivity index (χ4n) is 3.12. The number of nitrogens with zero attached hydrogens (tertiary/aromatic N) is 6. The van der Waals surface area contributed by atoms with Crippen molar-refractivity contribution in [2.45, 2.75) is 13.2 Å². The number of benzene rings is 2. The number of ether oxygens (including phenoxy) is 1. The number of nitrogen functional groups attached to an aromatic ring is 1. The van der Waals surface area contributed by atoms with Crippen LogP contribution in [0.15, 0.2) is 64.3 Å². The molecule has 0 atom stereocenters. The summed E-state index contributed by atoms with van der Waals surface area (Å²) in [6, 6.07) is 17.3. The van der Waals surface area contributed by atoms with Gasteiger partial charge in [0.1, 0.15) is 24.6 Å². The van der Waals surface area contributed by atoms with Crippen molar-refractivity contribution in [2.75, 3.05) is 19.8 Å². The van der Waals surface area contributed by atoms with Gasteiger partial charge in [-0.2, -0.15) is 9.78 Å². The van der Waals surface area contributed by atoms with Crippen LogP contribution in [-0.2, 0) is 13.2 Å². The highest BCUT2D eigenvalue weighted by atomic mass is 16.6. The molecule has 0 aliphatic rings. The van der Waals surface area contributed by atoms with Crippen LogP contribution >= 0.6 is 0 Å². The van der Waals surface area contributed by atoms with Crippen LogP contribution in [-0.4, -0.2) is 51.5 Å². The summed E-state index contributed by atoms with van der Waals surface area (Å²) in [6.45, 7) is 0.878. The maximum atomic E-state index is 12.8. The van der Waals surface area contributed by atoms with E-state index < -0.39 is 5.91 Å². The van der Waals surface area contributed by atoms with Crippen molar-refractivity contribution < 1.29 is 19.1 Å². The van der Waals surface area contributed by atoms with Gasteiger partial charge in [0.15, 0.2) is 5.69 Å². The zero-order chi connectivity index (χ0) is 23.9. The number of hydrazone groups is 1. The monoisotopic (exact) mass is 462 g/mol. The van der Waals surface area contributed by atoms with Crippen molar-refractivity contribution in [1.29, 1.82) is 0 Å². The number of anilines is 1. The van der Waals surface area contributed by atoms with Crippen LogP contribution in [0.5, 0.6) is 5.75 Å². The van der Waals surface area contributed by atoms with E-state index in [1.807, 2.05) is 68.7 Å². The van der Waals surface area contributed by atoms with E-state index in [0.717, 1.165) is 16.0 Å². The first-order valence-electron chi connectivity index (χ1n) is 10.4. The van der Waals surface area contributed by atoms with Gasteiger partial charge in [0.05, 0.1) is 20.3 Å². The van der Waals surface area contributed by atoms with Gasteiger partial charge in [-0.15, -0.1) is 5.10 Å². The molecule has 2 aromatic carbocycles. The molecule has 1 amide bonds. The number of carbonyl (C=O) groups is 1. The molecule has 34 heavy (non-hydrogen) atoms. The maximum absolute atomic E-state index is 12.8. The Labute approximate surface area is 195 Å². The van der Waals surface area contributed by atoms with E-state index in [-0.39, 0.29) is 17.3 Å². The van der Waals surface area contributed by atoms with Gasteiger partial charge in [0.25, 0.3) is 5.91 Å². The fraction of sp³-hybridized carbons (Fsp3) is 0.182. The van der Waals surface area contributed by atoms with Crippen LogP contribution in [0.4, 0.5) is 5.82 Å². The minimum atomic E-state index is -0.523. The van der Waals surface area contributed by atoms with Gasteiger partial charge in [-0.1, -0.05) is 47.7 Å². The zero-order valence-corrected chi connectivity index (χ0v) is 18.7. The maximum Gasteiger partial charge on any atom is 0.294 e. The first kappa shape index (κ1) is 22.6. The number of rotatable bonds is 9. The lowest BCUT2D eigenvalue weighted by atomic mass is 10.2. The van der Waals surface area contributed by atoms with Crippen LogP contribution in [0.25, 0.3) is 5.82 Å². The number of quaternary nitrogens is 1. The van der Waals surface area contributed by atoms with E-state index in [0.29, 0.717) is 24.6 Å². The van der Waals surface area contributed by atoms with E-state index >= 15 is 0 Å². The van der Waals surface area contributed by atoms with Crippen LogP contribution in [0.3, 0.4) is 0 Å². The van der Waals surface area contributed by atoms with E-state index in [4.69, 9.17) is 10.5 Å². The molecule has 0 saturated carbocycles. The molecule has 174 valence electrons. The third-order valence-electron chi connectivity index (χ3n) is 4.68. The SMILES string of the molecule is C[NH+](C)Cc1c(C(=O)N/N=C\c2cccc(OCc3ccccc3)c2)nnn1-c1nonc1N. The Bertz CT molecular complexity index is 1280. The molecule has 4 rings (SSSR count). The second kappa shape index (κ2) is 10.4. The molecule has 0 aliphatic carbocycles. The Morgan fingerprint density at radius 3 is 2.76 bits per heavy atom. The predicted octanol–water partition coefficient (Wildman–Crippen LogP) is 0.220. The molecule has 12 heteroatoms. The zero-order valence-electron chi connectivity index (χ0n) is 18.7. The molecular formula is C22H24N9O3+. The normalized spacial score (nSPS) is 11.3. The summed E-state index contributed by atoms with van der Waals surface area (Å²) in [7, 11) is 3.85. The Kier molecular flexibility index (Phi) is 6.89. The first-order chi connectivity index (χ1) is 16.5. The second-order valence-electron chi connectivity index (χ2n) is 7.70. The molecule has 4 N–H and O–H groups in total. The van der Waals surface area contributed by atoms with E-state index in [2.05, 4.69) is 35.8 Å². The highest BCUT2D eigenvalue weighted by molar-refractivity contribution is 5.94. The summed E-state index contributed by atoms with van der Waals surface area (Å²) in [5.74, 6) is 0.375. The average Bonchev–Trinajstić information content (AvgIpc) is 3.44. The summed E-state index contributed by atoms with van der Waals surface area (Å²) in [4.78, 5) is 13.8. The molecule has 2 aromatic heterocycles. The second-order valence-corrected chi connectivity index (χ2v) is 7.70. The third kappa shape index (κ3) is 5.42. The summed E-state index contributed by atoms with van der Waals surface area (Å²) in [5, 5.41) is 19.3. The van der Waals surface area contributed by atoms with Gasteiger partial charge in [-0.25, -0.2) is 10.1 Å². The molecule has 2 heterocycles. The number of nitrogens with two attached hydrogens (primary N) is 1. The summed E-state index contributed by atoms with van der Waals surface area (Å²) in [6.07, 6.45) is 1.52. The van der Waals surface area contributed by atoms with Crippen molar-refractivity contribution in [3.63, 3.8) is 0 Å². The van der Waals surface area contributed by atoms with Gasteiger partial charge < -0.3 is 15.4 Å². The van der Waals surface area contributed by atoms with Crippen LogP contribution in [0.2, 0.25) is 0 Å². The largest absolute Gasteiger partial charge is 0.489 e.